The summed E-state index contributed by atoms with van der Waals surface area (Å²) in [5.74, 6) is 0.233. The van der Waals surface area contributed by atoms with Crippen molar-refractivity contribution < 1.29 is 0 Å². The molecule has 1 aromatic carbocycles. The zero-order valence-corrected chi connectivity index (χ0v) is 12.2. The van der Waals surface area contributed by atoms with Gasteiger partial charge in [0.25, 0.3) is 0 Å². The molecule has 0 radical (unpaired) electrons. The van der Waals surface area contributed by atoms with Gasteiger partial charge in [0, 0.05) is 17.4 Å². The van der Waals surface area contributed by atoms with Crippen molar-refractivity contribution in [2.75, 3.05) is 13.1 Å². The van der Waals surface area contributed by atoms with E-state index in [4.69, 9.17) is 5.53 Å². The molecule has 1 aromatic rings. The Morgan fingerprint density at radius 2 is 2.19 bits per heavy atom. The van der Waals surface area contributed by atoms with Crippen molar-refractivity contribution in [2.24, 2.45) is 5.11 Å². The van der Waals surface area contributed by atoms with Crippen LogP contribution in [-0.4, -0.2) is 18.6 Å². The van der Waals surface area contributed by atoms with E-state index in [1.165, 1.54) is 12.0 Å². The molecule has 0 aliphatic heterocycles. The lowest BCUT2D eigenvalue weighted by Gasteiger charge is -2.40. The maximum Gasteiger partial charge on any atom is 0.113 e. The fraction of sp³-hybridized carbons (Fsp3) is 0.562. The summed E-state index contributed by atoms with van der Waals surface area (Å²) >= 11 is 0. The number of rotatable bonds is 6. The Hall–Kier alpha value is -2.02. The number of nitrogens with zero attached hydrogens (tertiary/aromatic N) is 4. The monoisotopic (exact) mass is 283 g/mol. The summed E-state index contributed by atoms with van der Waals surface area (Å²) in [4.78, 5) is 2.75. The zero-order chi connectivity index (χ0) is 15.0. The SMILES string of the molecule is N#CC1(NCCCN=[N+]=[N-])CCCCC1c1ccccc1. The highest BCUT2D eigenvalue weighted by molar-refractivity contribution is 5.30. The molecule has 21 heavy (non-hydrogen) atoms. The van der Waals surface area contributed by atoms with E-state index in [0.717, 1.165) is 25.7 Å². The van der Waals surface area contributed by atoms with Gasteiger partial charge in [-0.15, -0.1) is 0 Å². The molecule has 0 aromatic heterocycles. The van der Waals surface area contributed by atoms with Crippen molar-refractivity contribution in [3.05, 3.63) is 46.3 Å². The number of azide groups is 1. The Morgan fingerprint density at radius 1 is 1.38 bits per heavy atom. The molecule has 2 atom stereocenters. The maximum absolute atomic E-state index is 9.78. The lowest BCUT2D eigenvalue weighted by atomic mass is 9.70. The van der Waals surface area contributed by atoms with Crippen molar-refractivity contribution in [2.45, 2.75) is 43.6 Å². The molecule has 0 heterocycles. The van der Waals surface area contributed by atoms with E-state index in [-0.39, 0.29) is 5.92 Å². The van der Waals surface area contributed by atoms with E-state index < -0.39 is 5.54 Å². The molecule has 1 aliphatic rings. The maximum atomic E-state index is 9.78. The second-order valence-corrected chi connectivity index (χ2v) is 5.53. The molecule has 2 rings (SSSR count). The molecule has 1 N–H and O–H groups in total. The van der Waals surface area contributed by atoms with Crippen LogP contribution in [0, 0.1) is 11.3 Å². The predicted octanol–water partition coefficient (Wildman–Crippen LogP) is 3.90. The molecular formula is C16H21N5. The molecule has 1 fully saturated rings. The highest BCUT2D eigenvalue weighted by Crippen LogP contribution is 2.40. The summed E-state index contributed by atoms with van der Waals surface area (Å²) in [6.07, 6.45) is 4.93. The van der Waals surface area contributed by atoms with Crippen molar-refractivity contribution in [3.63, 3.8) is 0 Å². The number of nitriles is 1. The van der Waals surface area contributed by atoms with Crippen LogP contribution in [0.15, 0.2) is 35.4 Å². The van der Waals surface area contributed by atoms with Crippen LogP contribution < -0.4 is 5.32 Å². The third kappa shape index (κ3) is 3.75. The Labute approximate surface area is 125 Å². The average Bonchev–Trinajstić information content (AvgIpc) is 2.56. The largest absolute Gasteiger partial charge is 0.299 e. The summed E-state index contributed by atoms with van der Waals surface area (Å²) in [5, 5.41) is 16.8. The number of benzene rings is 1. The Morgan fingerprint density at radius 3 is 2.90 bits per heavy atom. The second-order valence-electron chi connectivity index (χ2n) is 5.53. The van der Waals surface area contributed by atoms with Crippen molar-refractivity contribution >= 4 is 0 Å². The third-order valence-corrected chi connectivity index (χ3v) is 4.25. The fourth-order valence-corrected chi connectivity index (χ4v) is 3.20. The highest BCUT2D eigenvalue weighted by Gasteiger charge is 2.41. The quantitative estimate of drug-likeness (QED) is 0.371. The summed E-state index contributed by atoms with van der Waals surface area (Å²) in [5.41, 5.74) is 9.03. The highest BCUT2D eigenvalue weighted by atomic mass is 15.1. The molecule has 0 amide bonds. The topological polar surface area (TPSA) is 84.6 Å². The first-order valence-electron chi connectivity index (χ1n) is 7.54. The first-order chi connectivity index (χ1) is 10.3. The molecule has 5 heteroatoms. The van der Waals surface area contributed by atoms with Gasteiger partial charge in [0.15, 0.2) is 0 Å². The lowest BCUT2D eigenvalue weighted by molar-refractivity contribution is 0.256. The van der Waals surface area contributed by atoms with E-state index in [0.29, 0.717) is 13.1 Å². The van der Waals surface area contributed by atoms with E-state index in [1.807, 2.05) is 18.2 Å². The number of hydrogen-bond donors (Lipinski definition) is 1. The van der Waals surface area contributed by atoms with Gasteiger partial charge >= 0.3 is 0 Å². The van der Waals surface area contributed by atoms with Crippen molar-refractivity contribution in [1.82, 2.24) is 5.32 Å². The van der Waals surface area contributed by atoms with Gasteiger partial charge in [0.1, 0.15) is 5.54 Å². The van der Waals surface area contributed by atoms with Gasteiger partial charge in [0.2, 0.25) is 0 Å². The molecule has 2 unspecified atom stereocenters. The first kappa shape index (κ1) is 15.4. The van der Waals surface area contributed by atoms with Crippen molar-refractivity contribution in [3.8, 4) is 6.07 Å². The second kappa shape index (κ2) is 7.68. The van der Waals surface area contributed by atoms with Crippen LogP contribution in [-0.2, 0) is 0 Å². The van der Waals surface area contributed by atoms with Crippen LogP contribution in [0.5, 0.6) is 0 Å². The predicted molar refractivity (Wildman–Crippen MR) is 82.6 cm³/mol. The van der Waals surface area contributed by atoms with Gasteiger partial charge < -0.3 is 0 Å². The van der Waals surface area contributed by atoms with E-state index in [9.17, 15) is 5.26 Å². The van der Waals surface area contributed by atoms with Gasteiger partial charge in [-0.25, -0.2) is 0 Å². The minimum Gasteiger partial charge on any atom is -0.299 e. The summed E-state index contributed by atoms with van der Waals surface area (Å²) in [6.45, 7) is 1.18. The molecule has 5 nitrogen and oxygen atoms in total. The molecular weight excluding hydrogens is 262 g/mol. The van der Waals surface area contributed by atoms with Crippen LogP contribution in [0.2, 0.25) is 0 Å². The van der Waals surface area contributed by atoms with Crippen LogP contribution in [0.25, 0.3) is 10.4 Å². The fourth-order valence-electron chi connectivity index (χ4n) is 3.20. The van der Waals surface area contributed by atoms with Crippen LogP contribution >= 0.6 is 0 Å². The van der Waals surface area contributed by atoms with Crippen LogP contribution in [0.4, 0.5) is 0 Å². The summed E-state index contributed by atoms with van der Waals surface area (Å²) in [6, 6.07) is 12.9. The normalized spacial score (nSPS) is 24.8. The van der Waals surface area contributed by atoms with Crippen molar-refractivity contribution in [1.29, 1.82) is 5.26 Å². The van der Waals surface area contributed by atoms with Crippen LogP contribution in [0.1, 0.15) is 43.6 Å². The number of hydrogen-bond acceptors (Lipinski definition) is 3. The average molecular weight is 283 g/mol. The van der Waals surface area contributed by atoms with Gasteiger partial charge in [-0.3, -0.25) is 5.32 Å². The standard InChI is InChI=1S/C16H21N5/c17-13-16(19-11-6-12-20-21-18)10-5-4-9-15(16)14-7-2-1-3-8-14/h1-3,7-8,15,19H,4-6,9-12H2. The minimum absolute atomic E-state index is 0.233. The smallest absolute Gasteiger partial charge is 0.113 e. The van der Waals surface area contributed by atoms with E-state index in [2.05, 4.69) is 33.5 Å². The van der Waals surface area contributed by atoms with Gasteiger partial charge in [-0.1, -0.05) is 48.3 Å². The first-order valence-corrected chi connectivity index (χ1v) is 7.54. The molecule has 0 bridgehead atoms. The molecule has 0 spiro atoms. The van der Waals surface area contributed by atoms with E-state index in [1.54, 1.807) is 0 Å². The Kier molecular flexibility index (Phi) is 5.62. The minimum atomic E-state index is -0.490. The number of nitrogens with one attached hydrogen (secondary N) is 1. The van der Waals surface area contributed by atoms with Gasteiger partial charge in [0.05, 0.1) is 6.07 Å². The lowest BCUT2D eigenvalue weighted by Crippen LogP contribution is -2.51. The molecule has 1 saturated carbocycles. The van der Waals surface area contributed by atoms with Gasteiger partial charge in [-0.05, 0) is 36.9 Å². The molecule has 1 aliphatic carbocycles. The van der Waals surface area contributed by atoms with Gasteiger partial charge in [-0.2, -0.15) is 5.26 Å². The zero-order valence-electron chi connectivity index (χ0n) is 12.2. The van der Waals surface area contributed by atoms with Crippen LogP contribution in [0.3, 0.4) is 0 Å². The third-order valence-electron chi connectivity index (χ3n) is 4.25. The Balaban J connectivity index is 2.09. The Bertz CT molecular complexity index is 529. The summed E-state index contributed by atoms with van der Waals surface area (Å²) < 4.78 is 0. The van der Waals surface area contributed by atoms with E-state index >= 15 is 0 Å². The molecule has 110 valence electrons. The summed E-state index contributed by atoms with van der Waals surface area (Å²) in [7, 11) is 0. The molecule has 0 saturated heterocycles.